The molecule has 1 aliphatic rings. The Morgan fingerprint density at radius 2 is 2.46 bits per heavy atom. The molecule has 2 heteroatoms. The summed E-state index contributed by atoms with van der Waals surface area (Å²) in [5.74, 6) is 0. The zero-order valence-corrected chi connectivity index (χ0v) is 8.12. The van der Waals surface area contributed by atoms with E-state index in [1.54, 1.807) is 13.2 Å². The van der Waals surface area contributed by atoms with Gasteiger partial charge in [0.05, 0.1) is 0 Å². The highest BCUT2D eigenvalue weighted by Crippen LogP contribution is 2.09. The lowest BCUT2D eigenvalue weighted by Gasteiger charge is -2.04. The first-order valence-electron chi connectivity index (χ1n) is 4.25. The van der Waals surface area contributed by atoms with Gasteiger partial charge in [0.15, 0.2) is 0 Å². The molecule has 0 unspecified atom stereocenters. The second kappa shape index (κ2) is 4.55. The molecule has 0 aliphatic carbocycles. The van der Waals surface area contributed by atoms with Crippen LogP contribution in [0.2, 0.25) is 0 Å². The van der Waals surface area contributed by atoms with E-state index in [0.29, 0.717) is 0 Å². The summed E-state index contributed by atoms with van der Waals surface area (Å²) in [4.78, 5) is 8.25. The van der Waals surface area contributed by atoms with Gasteiger partial charge in [0, 0.05) is 31.1 Å². The molecule has 0 spiro atoms. The van der Waals surface area contributed by atoms with Gasteiger partial charge in [0.2, 0.25) is 0 Å². The third-order valence-electron chi connectivity index (χ3n) is 1.83. The smallest absolute Gasteiger partial charge is 0.0447 e. The van der Waals surface area contributed by atoms with Gasteiger partial charge in [-0.25, -0.2) is 0 Å². The highest BCUT2D eigenvalue weighted by atomic mass is 14.7. The predicted octanol–water partition coefficient (Wildman–Crippen LogP) is 2.55. The molecule has 0 atom stereocenters. The number of allylic oxidation sites excluding steroid dienone is 4. The van der Waals surface area contributed by atoms with Crippen molar-refractivity contribution in [1.82, 2.24) is 0 Å². The highest BCUT2D eigenvalue weighted by Gasteiger charge is 1.99. The first-order chi connectivity index (χ1) is 6.22. The van der Waals surface area contributed by atoms with Crippen LogP contribution in [0.1, 0.15) is 13.3 Å². The molecular formula is C11H14N2. The van der Waals surface area contributed by atoms with Crippen molar-refractivity contribution in [3.8, 4) is 0 Å². The van der Waals surface area contributed by atoms with Crippen molar-refractivity contribution >= 4 is 11.4 Å². The van der Waals surface area contributed by atoms with Crippen molar-refractivity contribution in [2.75, 3.05) is 7.05 Å². The van der Waals surface area contributed by atoms with Gasteiger partial charge in [-0.3, -0.25) is 9.98 Å². The minimum absolute atomic E-state index is 0.837. The van der Waals surface area contributed by atoms with Gasteiger partial charge in [-0.15, -0.1) is 0 Å². The molecule has 0 aromatic heterocycles. The van der Waals surface area contributed by atoms with Gasteiger partial charge in [0.1, 0.15) is 0 Å². The average Bonchev–Trinajstić information content (AvgIpc) is 2.14. The minimum Gasteiger partial charge on any atom is -0.293 e. The summed E-state index contributed by atoms with van der Waals surface area (Å²) in [7, 11) is 1.78. The fraction of sp³-hybridized carbons (Fsp3) is 0.273. The van der Waals surface area contributed by atoms with E-state index in [-0.39, 0.29) is 0 Å². The molecule has 0 saturated carbocycles. The molecule has 0 radical (unpaired) electrons. The summed E-state index contributed by atoms with van der Waals surface area (Å²) in [5, 5.41) is 0. The van der Waals surface area contributed by atoms with Crippen LogP contribution in [0.3, 0.4) is 0 Å². The van der Waals surface area contributed by atoms with Gasteiger partial charge in [-0.1, -0.05) is 6.58 Å². The van der Waals surface area contributed by atoms with Crippen molar-refractivity contribution in [2.24, 2.45) is 9.98 Å². The quantitative estimate of drug-likeness (QED) is 0.575. The average molecular weight is 174 g/mol. The Kier molecular flexibility index (Phi) is 3.38. The Labute approximate surface area is 79.1 Å². The number of nitrogens with zero attached hydrogens (tertiary/aromatic N) is 2. The summed E-state index contributed by atoms with van der Waals surface area (Å²) in [5.41, 5.74) is 3.14. The van der Waals surface area contributed by atoms with Crippen LogP contribution in [0, 0.1) is 0 Å². The Morgan fingerprint density at radius 1 is 1.69 bits per heavy atom. The molecule has 1 rings (SSSR count). The van der Waals surface area contributed by atoms with Crippen LogP contribution in [0.25, 0.3) is 0 Å². The Balaban J connectivity index is 2.65. The van der Waals surface area contributed by atoms with Gasteiger partial charge in [-0.2, -0.15) is 0 Å². The zero-order chi connectivity index (χ0) is 9.68. The number of aliphatic imine (C=N–C) groups is 2. The predicted molar refractivity (Wildman–Crippen MR) is 58.5 cm³/mol. The van der Waals surface area contributed by atoms with Gasteiger partial charge >= 0.3 is 0 Å². The standard InChI is InChI=1S/C11H14N2/c1-9-6-7-13-11(8-9)5-4-10(2)12-3/h4-7H,1,8H2,2-3H3/b5-4-,12-10?. The van der Waals surface area contributed by atoms with E-state index in [1.807, 2.05) is 25.2 Å². The van der Waals surface area contributed by atoms with Crippen LogP contribution >= 0.6 is 0 Å². The van der Waals surface area contributed by atoms with Gasteiger partial charge in [0.25, 0.3) is 0 Å². The maximum atomic E-state index is 4.22. The van der Waals surface area contributed by atoms with E-state index in [4.69, 9.17) is 0 Å². The van der Waals surface area contributed by atoms with Crippen molar-refractivity contribution in [3.63, 3.8) is 0 Å². The molecule has 2 nitrogen and oxygen atoms in total. The third-order valence-corrected chi connectivity index (χ3v) is 1.83. The number of rotatable bonds is 2. The molecule has 1 aliphatic heterocycles. The first-order valence-corrected chi connectivity index (χ1v) is 4.25. The Morgan fingerprint density at radius 3 is 3.08 bits per heavy atom. The van der Waals surface area contributed by atoms with E-state index in [1.165, 1.54) is 0 Å². The molecule has 0 aromatic rings. The molecule has 1 heterocycles. The molecule has 68 valence electrons. The molecule has 0 bridgehead atoms. The summed E-state index contributed by atoms with van der Waals surface area (Å²) >= 11 is 0. The van der Waals surface area contributed by atoms with Crippen molar-refractivity contribution in [2.45, 2.75) is 13.3 Å². The number of hydrogen-bond acceptors (Lipinski definition) is 2. The van der Waals surface area contributed by atoms with Crippen LogP contribution in [-0.2, 0) is 0 Å². The molecule has 0 N–H and O–H groups in total. The molecule has 0 fully saturated rings. The van der Waals surface area contributed by atoms with E-state index < -0.39 is 0 Å². The fourth-order valence-electron chi connectivity index (χ4n) is 0.969. The van der Waals surface area contributed by atoms with Gasteiger partial charge < -0.3 is 0 Å². The molecule has 0 aromatic carbocycles. The second-order valence-electron chi connectivity index (χ2n) is 2.97. The van der Waals surface area contributed by atoms with Crippen LogP contribution in [0.5, 0.6) is 0 Å². The monoisotopic (exact) mass is 174 g/mol. The maximum Gasteiger partial charge on any atom is 0.0447 e. The van der Waals surface area contributed by atoms with Crippen LogP contribution in [0.15, 0.2) is 46.6 Å². The minimum atomic E-state index is 0.837. The zero-order valence-electron chi connectivity index (χ0n) is 8.12. The molecular weight excluding hydrogens is 160 g/mol. The Hall–Kier alpha value is -1.44. The Bertz CT molecular complexity index is 317. The summed E-state index contributed by atoms with van der Waals surface area (Å²) in [6, 6.07) is 0. The first kappa shape index (κ1) is 9.65. The van der Waals surface area contributed by atoms with E-state index in [9.17, 15) is 0 Å². The van der Waals surface area contributed by atoms with Crippen molar-refractivity contribution < 1.29 is 0 Å². The van der Waals surface area contributed by atoms with E-state index in [0.717, 1.165) is 23.4 Å². The van der Waals surface area contributed by atoms with Crippen LogP contribution in [-0.4, -0.2) is 18.5 Å². The topological polar surface area (TPSA) is 24.7 Å². The van der Waals surface area contributed by atoms with E-state index >= 15 is 0 Å². The van der Waals surface area contributed by atoms with Crippen LogP contribution in [0.4, 0.5) is 0 Å². The van der Waals surface area contributed by atoms with E-state index in [2.05, 4.69) is 16.6 Å². The lowest BCUT2D eigenvalue weighted by molar-refractivity contribution is 1.29. The summed E-state index contributed by atoms with van der Waals surface area (Å²) in [6.07, 6.45) is 8.49. The highest BCUT2D eigenvalue weighted by molar-refractivity contribution is 6.04. The molecule has 13 heavy (non-hydrogen) atoms. The lowest BCUT2D eigenvalue weighted by Crippen LogP contribution is -1.98. The largest absolute Gasteiger partial charge is 0.293 e. The van der Waals surface area contributed by atoms with Crippen molar-refractivity contribution in [1.29, 1.82) is 0 Å². The molecule has 0 amide bonds. The number of hydrogen-bond donors (Lipinski definition) is 0. The third kappa shape index (κ3) is 3.20. The second-order valence-corrected chi connectivity index (χ2v) is 2.97. The lowest BCUT2D eigenvalue weighted by atomic mass is 10.1. The fourth-order valence-corrected chi connectivity index (χ4v) is 0.969. The molecule has 0 saturated heterocycles. The van der Waals surface area contributed by atoms with Crippen LogP contribution < -0.4 is 0 Å². The normalized spacial score (nSPS) is 18.2. The maximum absolute atomic E-state index is 4.22. The van der Waals surface area contributed by atoms with Gasteiger partial charge in [-0.05, 0) is 30.7 Å². The van der Waals surface area contributed by atoms with Crippen molar-refractivity contribution in [3.05, 3.63) is 36.6 Å². The summed E-state index contributed by atoms with van der Waals surface area (Å²) in [6.45, 7) is 5.84. The summed E-state index contributed by atoms with van der Waals surface area (Å²) < 4.78 is 0. The SMILES string of the molecule is C=C1C=CN=C(/C=C\C(C)=NC)C1.